The number of aromatic carboxylic acids is 1. The van der Waals surface area contributed by atoms with E-state index in [9.17, 15) is 9.59 Å². The SMILES string of the molecule is Cc1cc(NC(=O)c2cn(C)nc2C)sc1C(=O)O. The van der Waals surface area contributed by atoms with Gasteiger partial charge in [0.2, 0.25) is 0 Å². The van der Waals surface area contributed by atoms with Gasteiger partial charge in [-0.2, -0.15) is 5.10 Å². The van der Waals surface area contributed by atoms with E-state index in [2.05, 4.69) is 10.4 Å². The summed E-state index contributed by atoms with van der Waals surface area (Å²) >= 11 is 1.04. The molecule has 0 unspecified atom stereocenters. The highest BCUT2D eigenvalue weighted by Crippen LogP contribution is 2.27. The van der Waals surface area contributed by atoms with Crippen molar-refractivity contribution >= 4 is 28.2 Å². The van der Waals surface area contributed by atoms with Crippen molar-refractivity contribution < 1.29 is 14.7 Å². The first-order valence-corrected chi connectivity index (χ1v) is 6.35. The van der Waals surface area contributed by atoms with Crippen molar-refractivity contribution in [1.29, 1.82) is 0 Å². The minimum atomic E-state index is -0.986. The van der Waals surface area contributed by atoms with Crippen LogP contribution < -0.4 is 5.32 Å². The zero-order chi connectivity index (χ0) is 14.2. The molecule has 0 radical (unpaired) electrons. The van der Waals surface area contributed by atoms with Gasteiger partial charge in [-0.25, -0.2) is 4.79 Å². The largest absolute Gasteiger partial charge is 0.477 e. The molecule has 0 fully saturated rings. The predicted molar refractivity (Wildman–Crippen MR) is 71.9 cm³/mol. The molecule has 2 N–H and O–H groups in total. The molecule has 2 heterocycles. The normalized spacial score (nSPS) is 10.5. The number of hydrogen-bond acceptors (Lipinski definition) is 4. The Bertz CT molecular complexity index is 657. The first-order valence-electron chi connectivity index (χ1n) is 5.54. The molecule has 0 bridgehead atoms. The van der Waals surface area contributed by atoms with Gasteiger partial charge in [0.1, 0.15) is 4.88 Å². The topological polar surface area (TPSA) is 84.2 Å². The lowest BCUT2D eigenvalue weighted by molar-refractivity contribution is 0.0701. The monoisotopic (exact) mass is 279 g/mol. The minimum absolute atomic E-state index is 0.234. The van der Waals surface area contributed by atoms with Crippen molar-refractivity contribution in [2.24, 2.45) is 7.05 Å². The molecule has 6 nitrogen and oxygen atoms in total. The van der Waals surface area contributed by atoms with Crippen molar-refractivity contribution in [3.63, 3.8) is 0 Å². The maximum atomic E-state index is 12.0. The van der Waals surface area contributed by atoms with E-state index in [1.807, 2.05) is 0 Å². The fourth-order valence-electron chi connectivity index (χ4n) is 1.76. The zero-order valence-corrected chi connectivity index (χ0v) is 11.5. The van der Waals surface area contributed by atoms with Gasteiger partial charge >= 0.3 is 5.97 Å². The summed E-state index contributed by atoms with van der Waals surface area (Å²) in [5.74, 6) is -1.27. The van der Waals surface area contributed by atoms with Gasteiger partial charge in [-0.15, -0.1) is 11.3 Å². The Morgan fingerprint density at radius 1 is 1.42 bits per heavy atom. The zero-order valence-electron chi connectivity index (χ0n) is 10.7. The van der Waals surface area contributed by atoms with Gasteiger partial charge in [0, 0.05) is 13.2 Å². The molecule has 0 atom stereocenters. The van der Waals surface area contributed by atoms with Gasteiger partial charge in [-0.3, -0.25) is 9.48 Å². The number of rotatable bonds is 3. The summed E-state index contributed by atoms with van der Waals surface area (Å²) in [6.07, 6.45) is 1.63. The van der Waals surface area contributed by atoms with Crippen LogP contribution in [0.2, 0.25) is 0 Å². The van der Waals surface area contributed by atoms with E-state index < -0.39 is 5.97 Å². The summed E-state index contributed by atoms with van der Waals surface area (Å²) in [6.45, 7) is 3.45. The molecule has 0 spiro atoms. The standard InChI is InChI=1S/C12H13N3O3S/c1-6-4-9(19-10(6)12(17)18)13-11(16)8-5-15(3)14-7(8)2/h4-5H,1-3H3,(H,13,16)(H,17,18). The molecule has 1 amide bonds. The Kier molecular flexibility index (Phi) is 3.39. The quantitative estimate of drug-likeness (QED) is 0.900. The van der Waals surface area contributed by atoms with Gasteiger partial charge < -0.3 is 10.4 Å². The average Bonchev–Trinajstić information content (AvgIpc) is 2.81. The average molecular weight is 279 g/mol. The summed E-state index contributed by atoms with van der Waals surface area (Å²) in [7, 11) is 1.74. The van der Waals surface area contributed by atoms with Crippen molar-refractivity contribution in [1.82, 2.24) is 9.78 Å². The molecule has 2 rings (SSSR count). The third kappa shape index (κ3) is 2.65. The van der Waals surface area contributed by atoms with E-state index in [-0.39, 0.29) is 10.8 Å². The van der Waals surface area contributed by atoms with Crippen molar-refractivity contribution in [3.05, 3.63) is 34.0 Å². The van der Waals surface area contributed by atoms with Gasteiger partial charge in [0.15, 0.2) is 0 Å². The van der Waals surface area contributed by atoms with E-state index in [4.69, 9.17) is 5.11 Å². The summed E-state index contributed by atoms with van der Waals surface area (Å²) in [5, 5.41) is 16.3. The van der Waals surface area contributed by atoms with Crippen LogP contribution in [0, 0.1) is 13.8 Å². The van der Waals surface area contributed by atoms with Crippen LogP contribution in [0.5, 0.6) is 0 Å². The number of hydrogen-bond donors (Lipinski definition) is 2. The molecular formula is C12H13N3O3S. The minimum Gasteiger partial charge on any atom is -0.477 e. The van der Waals surface area contributed by atoms with Crippen LogP contribution in [-0.4, -0.2) is 26.8 Å². The number of anilines is 1. The van der Waals surface area contributed by atoms with E-state index in [1.54, 1.807) is 37.8 Å². The first-order chi connectivity index (χ1) is 8.88. The number of carbonyl (C=O) groups is 2. The highest BCUT2D eigenvalue weighted by atomic mass is 32.1. The smallest absolute Gasteiger partial charge is 0.346 e. The second-order valence-corrected chi connectivity index (χ2v) is 5.24. The number of aromatic nitrogens is 2. The lowest BCUT2D eigenvalue weighted by Crippen LogP contribution is -2.11. The molecule has 0 aliphatic carbocycles. The maximum Gasteiger partial charge on any atom is 0.346 e. The second kappa shape index (κ2) is 4.85. The number of nitrogens with one attached hydrogen (secondary N) is 1. The number of carbonyl (C=O) groups excluding carboxylic acids is 1. The van der Waals surface area contributed by atoms with Crippen LogP contribution in [0.25, 0.3) is 0 Å². The Morgan fingerprint density at radius 2 is 2.11 bits per heavy atom. The summed E-state index contributed by atoms with van der Waals surface area (Å²) in [4.78, 5) is 23.2. The Hall–Kier alpha value is -2.15. The fourth-order valence-corrected chi connectivity index (χ4v) is 2.66. The summed E-state index contributed by atoms with van der Waals surface area (Å²) in [6, 6.07) is 1.65. The molecule has 2 aromatic rings. The Balaban J connectivity index is 2.22. The first kappa shape index (κ1) is 13.3. The molecule has 0 aliphatic rings. The second-order valence-electron chi connectivity index (χ2n) is 4.18. The van der Waals surface area contributed by atoms with Crippen molar-refractivity contribution in [2.75, 3.05) is 5.32 Å². The predicted octanol–water partition coefficient (Wildman–Crippen LogP) is 2.05. The van der Waals surface area contributed by atoms with Crippen LogP contribution in [0.1, 0.15) is 31.3 Å². The Labute approximate surface area is 113 Å². The van der Waals surface area contributed by atoms with Crippen LogP contribution in [-0.2, 0) is 7.05 Å². The van der Waals surface area contributed by atoms with E-state index in [1.165, 1.54) is 0 Å². The molecule has 2 aromatic heterocycles. The number of carboxylic acids is 1. The van der Waals surface area contributed by atoms with E-state index in [0.717, 1.165) is 11.3 Å². The van der Waals surface area contributed by atoms with Crippen molar-refractivity contribution in [2.45, 2.75) is 13.8 Å². The van der Waals surface area contributed by atoms with Gasteiger partial charge in [0.05, 0.1) is 16.3 Å². The van der Waals surface area contributed by atoms with Crippen LogP contribution >= 0.6 is 11.3 Å². The van der Waals surface area contributed by atoms with E-state index >= 15 is 0 Å². The Morgan fingerprint density at radius 3 is 2.58 bits per heavy atom. The van der Waals surface area contributed by atoms with Crippen LogP contribution in [0.3, 0.4) is 0 Å². The number of nitrogens with zero attached hydrogens (tertiary/aromatic N) is 2. The number of thiophene rings is 1. The number of carboxylic acid groups (broad SMARTS) is 1. The van der Waals surface area contributed by atoms with Crippen molar-refractivity contribution in [3.8, 4) is 0 Å². The third-order valence-electron chi connectivity index (χ3n) is 2.61. The number of amides is 1. The van der Waals surface area contributed by atoms with Crippen LogP contribution in [0.4, 0.5) is 5.00 Å². The fraction of sp³-hybridized carbons (Fsp3) is 0.250. The molecule has 0 aromatic carbocycles. The van der Waals surface area contributed by atoms with Gasteiger partial charge in [-0.1, -0.05) is 0 Å². The highest BCUT2D eigenvalue weighted by molar-refractivity contribution is 7.18. The van der Waals surface area contributed by atoms with Gasteiger partial charge in [0.25, 0.3) is 5.91 Å². The molecule has 0 saturated heterocycles. The molecule has 0 saturated carbocycles. The molecule has 100 valence electrons. The van der Waals surface area contributed by atoms with E-state index in [0.29, 0.717) is 21.8 Å². The molecular weight excluding hydrogens is 266 g/mol. The molecule has 19 heavy (non-hydrogen) atoms. The van der Waals surface area contributed by atoms with Crippen LogP contribution in [0.15, 0.2) is 12.3 Å². The number of aryl methyl sites for hydroxylation is 3. The molecule has 7 heteroatoms. The maximum absolute atomic E-state index is 12.0. The lowest BCUT2D eigenvalue weighted by atomic mass is 10.2. The summed E-state index contributed by atoms with van der Waals surface area (Å²) < 4.78 is 1.56. The third-order valence-corrected chi connectivity index (χ3v) is 3.75. The van der Waals surface area contributed by atoms with Gasteiger partial charge in [-0.05, 0) is 25.5 Å². The molecule has 0 aliphatic heterocycles. The highest BCUT2D eigenvalue weighted by Gasteiger charge is 2.16. The summed E-state index contributed by atoms with van der Waals surface area (Å²) in [5.41, 5.74) is 1.74. The lowest BCUT2D eigenvalue weighted by Gasteiger charge is -1.99.